The Hall–Kier alpha value is -2.81. The highest BCUT2D eigenvalue weighted by molar-refractivity contribution is 5.89. The molecule has 2 amide bonds. The molecule has 0 aliphatic rings. The number of rotatable bonds is 10. The number of esters is 1. The summed E-state index contributed by atoms with van der Waals surface area (Å²) in [4.78, 5) is 37.2. The zero-order valence-electron chi connectivity index (χ0n) is 18.1. The number of unbranched alkanes of at least 4 members (excludes halogenated alkanes) is 1. The minimum Gasteiger partial charge on any atom is -0.508 e. The van der Waals surface area contributed by atoms with Gasteiger partial charge < -0.3 is 30.9 Å². The Morgan fingerprint density at radius 2 is 1.70 bits per heavy atom. The van der Waals surface area contributed by atoms with E-state index >= 15 is 0 Å². The Morgan fingerprint density at radius 3 is 2.23 bits per heavy atom. The lowest BCUT2D eigenvalue weighted by molar-refractivity contribution is -0.145. The van der Waals surface area contributed by atoms with Gasteiger partial charge in [0, 0.05) is 6.42 Å². The fourth-order valence-electron chi connectivity index (χ4n) is 2.69. The summed E-state index contributed by atoms with van der Waals surface area (Å²) in [6.45, 7) is 5.63. The largest absolute Gasteiger partial charge is 0.508 e. The first-order chi connectivity index (χ1) is 14.1. The molecule has 2 atom stereocenters. The number of nitrogens with two attached hydrogens (primary N) is 1. The van der Waals surface area contributed by atoms with Gasteiger partial charge in [-0.1, -0.05) is 12.1 Å². The van der Waals surface area contributed by atoms with Gasteiger partial charge in [0.2, 0.25) is 5.91 Å². The van der Waals surface area contributed by atoms with Crippen LogP contribution in [0.25, 0.3) is 0 Å². The molecular weight excluding hydrogens is 390 g/mol. The Morgan fingerprint density at radius 1 is 1.07 bits per heavy atom. The number of carbonyl (C=O) groups is 3. The molecule has 0 heterocycles. The van der Waals surface area contributed by atoms with Gasteiger partial charge in [-0.2, -0.15) is 0 Å². The zero-order chi connectivity index (χ0) is 22.7. The third-order valence-electron chi connectivity index (χ3n) is 4.13. The first-order valence-corrected chi connectivity index (χ1v) is 9.91. The van der Waals surface area contributed by atoms with E-state index in [-0.39, 0.29) is 12.2 Å². The number of benzene rings is 1. The number of methoxy groups -OCH3 is 1. The number of hydrogen-bond donors (Lipinski definition) is 4. The van der Waals surface area contributed by atoms with Crippen LogP contribution in [-0.4, -0.2) is 54.4 Å². The van der Waals surface area contributed by atoms with Crippen LogP contribution in [0.3, 0.4) is 0 Å². The van der Waals surface area contributed by atoms with E-state index in [9.17, 15) is 19.5 Å². The van der Waals surface area contributed by atoms with E-state index in [4.69, 9.17) is 15.2 Å². The minimum absolute atomic E-state index is 0.0962. The normalized spacial score (nSPS) is 13.1. The molecule has 0 fully saturated rings. The molecule has 168 valence electrons. The molecule has 0 saturated carbocycles. The monoisotopic (exact) mass is 423 g/mol. The van der Waals surface area contributed by atoms with Gasteiger partial charge >= 0.3 is 12.1 Å². The average molecular weight is 424 g/mol. The second-order valence-electron chi connectivity index (χ2n) is 7.94. The molecule has 0 bridgehead atoms. The molecule has 0 aliphatic carbocycles. The van der Waals surface area contributed by atoms with E-state index in [1.807, 2.05) is 0 Å². The third-order valence-corrected chi connectivity index (χ3v) is 4.13. The van der Waals surface area contributed by atoms with Crippen molar-refractivity contribution in [3.05, 3.63) is 29.8 Å². The van der Waals surface area contributed by atoms with Crippen LogP contribution >= 0.6 is 0 Å². The topological polar surface area (TPSA) is 140 Å². The third kappa shape index (κ3) is 9.60. The van der Waals surface area contributed by atoms with Gasteiger partial charge in [0.25, 0.3) is 0 Å². The van der Waals surface area contributed by atoms with Crippen molar-refractivity contribution < 1.29 is 29.0 Å². The molecule has 0 radical (unpaired) electrons. The number of amides is 2. The molecular formula is C21H33N3O6. The SMILES string of the molecule is COC(=O)[C@H](Cc1ccc(O)cc1)NC(=O)[C@H](CCCCN)NC(=O)OC(C)(C)C. The summed E-state index contributed by atoms with van der Waals surface area (Å²) in [6, 6.07) is 4.43. The molecule has 1 rings (SSSR count). The summed E-state index contributed by atoms with van der Waals surface area (Å²) in [5.74, 6) is -1.04. The first-order valence-electron chi connectivity index (χ1n) is 9.91. The molecule has 1 aromatic rings. The molecule has 0 unspecified atom stereocenters. The Labute approximate surface area is 177 Å². The van der Waals surface area contributed by atoms with Gasteiger partial charge in [-0.3, -0.25) is 4.79 Å². The molecule has 5 N–H and O–H groups in total. The fourth-order valence-corrected chi connectivity index (χ4v) is 2.69. The molecule has 9 heteroatoms. The van der Waals surface area contributed by atoms with Crippen molar-refractivity contribution in [2.45, 2.75) is 64.1 Å². The number of phenolic OH excluding ortho intramolecular Hbond substituents is 1. The van der Waals surface area contributed by atoms with E-state index in [2.05, 4.69) is 10.6 Å². The van der Waals surface area contributed by atoms with Crippen LogP contribution in [0.15, 0.2) is 24.3 Å². The quantitative estimate of drug-likeness (QED) is 0.331. The Balaban J connectivity index is 2.89. The maximum atomic E-state index is 12.9. The van der Waals surface area contributed by atoms with Crippen LogP contribution in [0.2, 0.25) is 0 Å². The van der Waals surface area contributed by atoms with Crippen LogP contribution < -0.4 is 16.4 Å². The number of aromatic hydroxyl groups is 1. The number of alkyl carbamates (subject to hydrolysis) is 1. The number of phenols is 1. The van der Waals surface area contributed by atoms with E-state index < -0.39 is 35.7 Å². The second kappa shape index (κ2) is 12.0. The Kier molecular flexibility index (Phi) is 10.1. The molecule has 0 aliphatic heterocycles. The highest BCUT2D eigenvalue weighted by Crippen LogP contribution is 2.13. The summed E-state index contributed by atoms with van der Waals surface area (Å²) >= 11 is 0. The van der Waals surface area contributed by atoms with Crippen LogP contribution in [-0.2, 0) is 25.5 Å². The van der Waals surface area contributed by atoms with Crippen LogP contribution in [0.1, 0.15) is 45.6 Å². The molecule has 9 nitrogen and oxygen atoms in total. The maximum Gasteiger partial charge on any atom is 0.408 e. The first kappa shape index (κ1) is 25.2. The predicted octanol–water partition coefficient (Wildman–Crippen LogP) is 1.61. The van der Waals surface area contributed by atoms with E-state index in [0.29, 0.717) is 25.8 Å². The van der Waals surface area contributed by atoms with Crippen molar-refractivity contribution in [2.24, 2.45) is 5.73 Å². The van der Waals surface area contributed by atoms with E-state index in [1.165, 1.54) is 19.2 Å². The zero-order valence-corrected chi connectivity index (χ0v) is 18.1. The number of hydrogen-bond acceptors (Lipinski definition) is 7. The van der Waals surface area contributed by atoms with Crippen LogP contribution in [0, 0.1) is 0 Å². The lowest BCUT2D eigenvalue weighted by atomic mass is 10.0. The molecule has 0 spiro atoms. The molecule has 1 aromatic carbocycles. The van der Waals surface area contributed by atoms with Gasteiger partial charge in [-0.15, -0.1) is 0 Å². The predicted molar refractivity (Wildman–Crippen MR) is 112 cm³/mol. The number of carbonyl (C=O) groups excluding carboxylic acids is 3. The summed E-state index contributed by atoms with van der Waals surface area (Å²) in [5, 5.41) is 14.6. The minimum atomic E-state index is -0.954. The van der Waals surface area contributed by atoms with Crippen molar-refractivity contribution in [1.82, 2.24) is 10.6 Å². The number of ether oxygens (including phenoxy) is 2. The molecule has 0 aromatic heterocycles. The van der Waals surface area contributed by atoms with E-state index in [0.717, 1.165) is 5.56 Å². The molecule has 0 saturated heterocycles. The van der Waals surface area contributed by atoms with Gasteiger partial charge in [-0.05, 0) is 64.3 Å². The number of nitrogens with one attached hydrogen (secondary N) is 2. The maximum absolute atomic E-state index is 12.9. The summed E-state index contributed by atoms with van der Waals surface area (Å²) in [5.41, 5.74) is 5.53. The highest BCUT2D eigenvalue weighted by Gasteiger charge is 2.28. The Bertz CT molecular complexity index is 700. The van der Waals surface area contributed by atoms with Crippen molar-refractivity contribution in [2.75, 3.05) is 13.7 Å². The van der Waals surface area contributed by atoms with Gasteiger partial charge in [0.1, 0.15) is 23.4 Å². The van der Waals surface area contributed by atoms with Crippen molar-refractivity contribution in [3.8, 4) is 5.75 Å². The van der Waals surface area contributed by atoms with Gasteiger partial charge in [-0.25, -0.2) is 9.59 Å². The van der Waals surface area contributed by atoms with Crippen LogP contribution in [0.4, 0.5) is 4.79 Å². The van der Waals surface area contributed by atoms with Crippen molar-refractivity contribution >= 4 is 18.0 Å². The van der Waals surface area contributed by atoms with Gasteiger partial charge in [0.15, 0.2) is 0 Å². The van der Waals surface area contributed by atoms with Crippen molar-refractivity contribution in [3.63, 3.8) is 0 Å². The smallest absolute Gasteiger partial charge is 0.408 e. The van der Waals surface area contributed by atoms with Gasteiger partial charge in [0.05, 0.1) is 7.11 Å². The fraction of sp³-hybridized carbons (Fsp3) is 0.571. The van der Waals surface area contributed by atoms with E-state index in [1.54, 1.807) is 32.9 Å². The summed E-state index contributed by atoms with van der Waals surface area (Å²) < 4.78 is 10.0. The lowest BCUT2D eigenvalue weighted by Gasteiger charge is -2.25. The lowest BCUT2D eigenvalue weighted by Crippen LogP contribution is -2.53. The van der Waals surface area contributed by atoms with Crippen LogP contribution in [0.5, 0.6) is 5.75 Å². The average Bonchev–Trinajstić information content (AvgIpc) is 2.66. The summed E-state index contributed by atoms with van der Waals surface area (Å²) in [6.07, 6.45) is 1.10. The highest BCUT2D eigenvalue weighted by atomic mass is 16.6. The molecule has 30 heavy (non-hydrogen) atoms. The standard InChI is InChI=1S/C21H33N3O6/c1-21(2,3)30-20(28)24-16(7-5-6-12-22)18(26)23-17(19(27)29-4)13-14-8-10-15(25)11-9-14/h8-11,16-17,25H,5-7,12-13,22H2,1-4H3,(H,23,26)(H,24,28)/t16-,17-/m0/s1. The van der Waals surface area contributed by atoms with Crippen molar-refractivity contribution in [1.29, 1.82) is 0 Å². The second-order valence-corrected chi connectivity index (χ2v) is 7.94. The summed E-state index contributed by atoms with van der Waals surface area (Å²) in [7, 11) is 1.23.